The number of unbranched alkanes of at least 4 members (excludes halogenated alkanes) is 13. The van der Waals surface area contributed by atoms with Crippen LogP contribution in [0.15, 0.2) is 54.6 Å². The van der Waals surface area contributed by atoms with Crippen LogP contribution in [0, 0.1) is 0 Å². The monoisotopic (exact) mass is 521 g/mol. The zero-order chi connectivity index (χ0) is 27.1. The first-order valence-corrected chi connectivity index (χ1v) is 15.1. The molecule has 0 atom stereocenters. The lowest BCUT2D eigenvalue weighted by Gasteiger charge is -2.09. The van der Waals surface area contributed by atoms with E-state index in [1.54, 1.807) is 0 Å². The maximum atomic E-state index is 12.2. The number of rotatable bonds is 22. The van der Waals surface area contributed by atoms with Gasteiger partial charge in [0, 0.05) is 17.8 Å². The summed E-state index contributed by atoms with van der Waals surface area (Å²) in [5.74, 6) is -0.0617. The van der Waals surface area contributed by atoms with Gasteiger partial charge in [0.05, 0.1) is 6.54 Å². The molecule has 0 heterocycles. The fourth-order valence-electron chi connectivity index (χ4n) is 4.61. The van der Waals surface area contributed by atoms with E-state index in [2.05, 4.69) is 22.9 Å². The van der Waals surface area contributed by atoms with Crippen molar-refractivity contribution < 1.29 is 9.59 Å². The molecule has 0 bridgehead atoms. The fraction of sp³-hybridized carbons (Fsp3) is 0.576. The first-order valence-electron chi connectivity index (χ1n) is 15.1. The highest BCUT2D eigenvalue weighted by Gasteiger charge is 2.05. The molecule has 2 rings (SSSR count). The molecule has 38 heavy (non-hydrogen) atoms. The van der Waals surface area contributed by atoms with Crippen molar-refractivity contribution in [1.82, 2.24) is 5.32 Å². The van der Waals surface area contributed by atoms with Gasteiger partial charge < -0.3 is 16.0 Å². The van der Waals surface area contributed by atoms with Crippen molar-refractivity contribution in [1.29, 1.82) is 0 Å². The van der Waals surface area contributed by atoms with E-state index < -0.39 is 0 Å². The van der Waals surface area contributed by atoms with E-state index >= 15 is 0 Å². The first-order chi connectivity index (χ1) is 18.7. The molecular formula is C33H51N3O2. The van der Waals surface area contributed by atoms with Gasteiger partial charge in [0.1, 0.15) is 0 Å². The summed E-state index contributed by atoms with van der Waals surface area (Å²) in [6.45, 7) is 3.47. The molecule has 0 unspecified atom stereocenters. The van der Waals surface area contributed by atoms with Gasteiger partial charge in [-0.2, -0.15) is 0 Å². The SMILES string of the molecule is CCCCCCCCCCCCCCCCNCC(=O)Nc1ccc(NC(=O)CCc2ccccc2)cc1. The van der Waals surface area contributed by atoms with Gasteiger partial charge in [-0.05, 0) is 49.2 Å². The van der Waals surface area contributed by atoms with E-state index in [0.717, 1.165) is 29.9 Å². The molecule has 0 aliphatic carbocycles. The van der Waals surface area contributed by atoms with Crippen LogP contribution in [0.25, 0.3) is 0 Å². The van der Waals surface area contributed by atoms with Gasteiger partial charge in [-0.3, -0.25) is 9.59 Å². The lowest BCUT2D eigenvalue weighted by atomic mass is 10.0. The number of benzene rings is 2. The Bertz CT molecular complexity index is 868. The second kappa shape index (κ2) is 21.3. The number of carbonyl (C=O) groups is 2. The molecule has 0 aliphatic heterocycles. The van der Waals surface area contributed by atoms with E-state index in [4.69, 9.17) is 0 Å². The van der Waals surface area contributed by atoms with Crippen molar-refractivity contribution in [3.05, 3.63) is 60.2 Å². The maximum Gasteiger partial charge on any atom is 0.238 e. The van der Waals surface area contributed by atoms with Crippen molar-refractivity contribution in [3.63, 3.8) is 0 Å². The van der Waals surface area contributed by atoms with Crippen LogP contribution in [0.3, 0.4) is 0 Å². The van der Waals surface area contributed by atoms with Gasteiger partial charge in [-0.1, -0.05) is 121 Å². The van der Waals surface area contributed by atoms with Crippen LogP contribution in [0.2, 0.25) is 0 Å². The predicted molar refractivity (Wildman–Crippen MR) is 162 cm³/mol. The smallest absolute Gasteiger partial charge is 0.238 e. The third-order valence-electron chi connectivity index (χ3n) is 6.93. The standard InChI is InChI=1S/C33H51N3O2/c1-2-3-4-5-6-7-8-9-10-11-12-13-14-18-27-34-28-33(38)36-31-24-22-30(23-25-31)35-32(37)26-21-29-19-16-15-17-20-29/h15-17,19-20,22-25,34H,2-14,18,21,26-28H2,1H3,(H,35,37)(H,36,38). The number of aryl methyl sites for hydroxylation is 1. The van der Waals surface area contributed by atoms with Crippen molar-refractivity contribution in [2.75, 3.05) is 23.7 Å². The summed E-state index contributed by atoms with van der Waals surface area (Å²) < 4.78 is 0. The Labute approximate surface area is 231 Å². The number of hydrogen-bond acceptors (Lipinski definition) is 3. The molecule has 0 radical (unpaired) electrons. The van der Waals surface area contributed by atoms with Crippen LogP contribution >= 0.6 is 0 Å². The molecular weight excluding hydrogens is 470 g/mol. The van der Waals surface area contributed by atoms with Crippen LogP contribution in [-0.2, 0) is 16.0 Å². The lowest BCUT2D eigenvalue weighted by molar-refractivity contribution is -0.116. The number of carbonyl (C=O) groups excluding carboxylic acids is 2. The average molecular weight is 522 g/mol. The van der Waals surface area contributed by atoms with E-state index in [9.17, 15) is 9.59 Å². The van der Waals surface area contributed by atoms with E-state index in [1.807, 2.05) is 54.6 Å². The Morgan fingerprint density at radius 3 is 1.58 bits per heavy atom. The summed E-state index contributed by atoms with van der Waals surface area (Å²) in [7, 11) is 0. The summed E-state index contributed by atoms with van der Waals surface area (Å²) in [5.41, 5.74) is 2.62. The fourth-order valence-corrected chi connectivity index (χ4v) is 4.61. The van der Waals surface area contributed by atoms with Crippen molar-refractivity contribution >= 4 is 23.2 Å². The zero-order valence-electron chi connectivity index (χ0n) is 23.7. The van der Waals surface area contributed by atoms with Gasteiger partial charge >= 0.3 is 0 Å². The largest absolute Gasteiger partial charge is 0.326 e. The average Bonchev–Trinajstić information content (AvgIpc) is 2.93. The van der Waals surface area contributed by atoms with Crippen LogP contribution in [-0.4, -0.2) is 24.9 Å². The Morgan fingerprint density at radius 1 is 0.579 bits per heavy atom. The Morgan fingerprint density at radius 2 is 1.05 bits per heavy atom. The molecule has 0 saturated carbocycles. The highest BCUT2D eigenvalue weighted by Crippen LogP contribution is 2.15. The lowest BCUT2D eigenvalue weighted by Crippen LogP contribution is -2.28. The topological polar surface area (TPSA) is 70.2 Å². The number of anilines is 2. The van der Waals surface area contributed by atoms with Crippen LogP contribution < -0.4 is 16.0 Å². The molecule has 0 fully saturated rings. The summed E-state index contributed by atoms with van der Waals surface area (Å²) in [6, 6.07) is 17.3. The van der Waals surface area contributed by atoms with Crippen LogP contribution in [0.4, 0.5) is 11.4 Å². The first kappa shape index (κ1) is 31.6. The summed E-state index contributed by atoms with van der Waals surface area (Å²) in [4.78, 5) is 24.4. The summed E-state index contributed by atoms with van der Waals surface area (Å²) in [6.07, 6.45) is 20.1. The highest BCUT2D eigenvalue weighted by molar-refractivity contribution is 5.93. The van der Waals surface area contributed by atoms with E-state index in [0.29, 0.717) is 19.4 Å². The minimum Gasteiger partial charge on any atom is -0.326 e. The zero-order valence-corrected chi connectivity index (χ0v) is 23.7. The molecule has 2 amide bonds. The molecule has 0 saturated heterocycles. The van der Waals surface area contributed by atoms with Crippen molar-refractivity contribution in [2.45, 2.75) is 110 Å². The van der Waals surface area contributed by atoms with Gasteiger partial charge in [0.25, 0.3) is 0 Å². The molecule has 3 N–H and O–H groups in total. The molecule has 2 aromatic carbocycles. The van der Waals surface area contributed by atoms with Gasteiger partial charge in [-0.25, -0.2) is 0 Å². The number of nitrogens with one attached hydrogen (secondary N) is 3. The van der Waals surface area contributed by atoms with Gasteiger partial charge in [-0.15, -0.1) is 0 Å². The normalized spacial score (nSPS) is 10.9. The van der Waals surface area contributed by atoms with Gasteiger partial charge in [0.2, 0.25) is 11.8 Å². The highest BCUT2D eigenvalue weighted by atomic mass is 16.2. The molecule has 0 spiro atoms. The summed E-state index contributed by atoms with van der Waals surface area (Å²) in [5, 5.41) is 9.07. The Hall–Kier alpha value is -2.66. The molecule has 210 valence electrons. The summed E-state index contributed by atoms with van der Waals surface area (Å²) >= 11 is 0. The Balaban J connectivity index is 1.41. The molecule has 5 nitrogen and oxygen atoms in total. The van der Waals surface area contributed by atoms with Crippen molar-refractivity contribution in [3.8, 4) is 0 Å². The van der Waals surface area contributed by atoms with Gasteiger partial charge in [0.15, 0.2) is 0 Å². The van der Waals surface area contributed by atoms with Crippen LogP contribution in [0.5, 0.6) is 0 Å². The second-order valence-electron chi connectivity index (χ2n) is 10.4. The minimum atomic E-state index is -0.0463. The van der Waals surface area contributed by atoms with Crippen molar-refractivity contribution in [2.24, 2.45) is 0 Å². The second-order valence-corrected chi connectivity index (χ2v) is 10.4. The molecule has 0 aromatic heterocycles. The third kappa shape index (κ3) is 16.2. The number of amides is 2. The van der Waals surface area contributed by atoms with E-state index in [-0.39, 0.29) is 11.8 Å². The molecule has 5 heteroatoms. The number of hydrogen-bond donors (Lipinski definition) is 3. The minimum absolute atomic E-state index is 0.0154. The third-order valence-corrected chi connectivity index (χ3v) is 6.93. The predicted octanol–water partition coefficient (Wildman–Crippen LogP) is 8.27. The quantitative estimate of drug-likeness (QED) is 0.137. The Kier molecular flexibility index (Phi) is 17.7. The molecule has 0 aliphatic rings. The van der Waals surface area contributed by atoms with E-state index in [1.165, 1.54) is 83.5 Å². The molecule has 2 aromatic rings. The maximum absolute atomic E-state index is 12.2. The van der Waals surface area contributed by atoms with Crippen LogP contribution in [0.1, 0.15) is 109 Å².